The summed E-state index contributed by atoms with van der Waals surface area (Å²) in [7, 11) is 0. The number of fused-ring (bicyclic) bond motifs is 1. The monoisotopic (exact) mass is 507 g/mol. The van der Waals surface area contributed by atoms with Gasteiger partial charge in [-0.15, -0.1) is 0 Å². The summed E-state index contributed by atoms with van der Waals surface area (Å²) in [6.07, 6.45) is -6.94. The summed E-state index contributed by atoms with van der Waals surface area (Å²) >= 11 is 0. The van der Waals surface area contributed by atoms with Crippen molar-refractivity contribution >= 4 is 0 Å². The minimum Gasteiger partial charge on any atom is -0.359 e. The lowest BCUT2D eigenvalue weighted by atomic mass is 10.0. The van der Waals surface area contributed by atoms with Gasteiger partial charge in [0, 0.05) is 11.6 Å². The van der Waals surface area contributed by atoms with Crippen LogP contribution in [0.1, 0.15) is 16.9 Å². The minimum atomic E-state index is -4.91. The molecule has 2 aromatic carbocycles. The third-order valence-corrected chi connectivity index (χ3v) is 5.23. The van der Waals surface area contributed by atoms with E-state index in [1.54, 1.807) is 6.07 Å². The maximum atomic E-state index is 14.1. The van der Waals surface area contributed by atoms with E-state index in [2.05, 4.69) is 20.2 Å². The molecule has 0 saturated carbocycles. The average molecular weight is 507 g/mol. The van der Waals surface area contributed by atoms with Crippen molar-refractivity contribution in [3.05, 3.63) is 83.6 Å². The van der Waals surface area contributed by atoms with E-state index in [4.69, 9.17) is 4.52 Å². The topological polar surface area (TPSA) is 69.6 Å². The molecule has 0 N–H and O–H groups in total. The highest BCUT2D eigenvalue weighted by Crippen LogP contribution is 2.40. The predicted octanol–water partition coefficient (Wildman–Crippen LogP) is 6.32. The van der Waals surface area contributed by atoms with Gasteiger partial charge in [-0.2, -0.15) is 31.4 Å². The third kappa shape index (κ3) is 4.51. The van der Waals surface area contributed by atoms with E-state index in [0.29, 0.717) is 29.6 Å². The first-order valence-corrected chi connectivity index (χ1v) is 10.2. The lowest BCUT2D eigenvalue weighted by Gasteiger charge is -2.14. The number of alkyl halides is 6. The number of nitrogens with zero attached hydrogens (tertiary/aromatic N) is 5. The Hall–Kier alpha value is -4.29. The van der Waals surface area contributed by atoms with Crippen molar-refractivity contribution < 1.29 is 35.3 Å². The smallest absolute Gasteiger partial charge is 0.359 e. The molecule has 0 fully saturated rings. The molecule has 0 atom stereocenters. The summed E-state index contributed by atoms with van der Waals surface area (Å²) < 4.78 is 100. The molecule has 0 amide bonds. The van der Waals surface area contributed by atoms with Crippen molar-refractivity contribution in [3.63, 3.8) is 0 Å². The number of hydrogen-bond acceptors (Lipinski definition) is 5. The first-order chi connectivity index (χ1) is 17.0. The highest BCUT2D eigenvalue weighted by Gasteiger charge is 2.38. The first-order valence-electron chi connectivity index (χ1n) is 10.2. The molecule has 0 unspecified atom stereocenters. The van der Waals surface area contributed by atoms with Crippen LogP contribution in [0.4, 0.5) is 30.7 Å². The Bertz CT molecular complexity index is 1520. The highest BCUT2D eigenvalue weighted by atomic mass is 19.4. The van der Waals surface area contributed by atoms with Crippen LogP contribution in [0.3, 0.4) is 0 Å². The molecule has 5 rings (SSSR count). The Labute approximate surface area is 197 Å². The molecular weight excluding hydrogens is 495 g/mol. The Morgan fingerprint density at radius 2 is 1.56 bits per heavy atom. The van der Waals surface area contributed by atoms with Crippen LogP contribution in [0.25, 0.3) is 34.0 Å². The fraction of sp³-hybridized carbons (Fsp3) is 0.130. The molecule has 0 radical (unpaired) electrons. The maximum Gasteiger partial charge on any atom is 0.417 e. The summed E-state index contributed by atoms with van der Waals surface area (Å²) in [5.74, 6) is -0.328. The second-order valence-electron chi connectivity index (χ2n) is 7.70. The second kappa shape index (κ2) is 8.43. The molecular formula is C23H12F7N5O. The van der Waals surface area contributed by atoms with Crippen molar-refractivity contribution in [2.75, 3.05) is 0 Å². The standard InChI is InChI=1S/C23H12F7N5O/c24-17-4-2-1-3-14(17)21-32-19-9-31-35(11-20(19)33-21)10-13-8-18(34-36-13)15-7-12(22(25,26)27)5-6-16(15)23(28,29)30/h1-9,11H,10H2. The van der Waals surface area contributed by atoms with Crippen LogP contribution in [0, 0.1) is 5.82 Å². The van der Waals surface area contributed by atoms with E-state index in [9.17, 15) is 30.7 Å². The van der Waals surface area contributed by atoms with Crippen LogP contribution in [-0.2, 0) is 18.9 Å². The number of benzene rings is 2. The lowest BCUT2D eigenvalue weighted by molar-refractivity contribution is -0.141. The highest BCUT2D eigenvalue weighted by molar-refractivity contribution is 5.66. The first kappa shape index (κ1) is 23.5. The van der Waals surface area contributed by atoms with Gasteiger partial charge in [-0.1, -0.05) is 17.3 Å². The summed E-state index contributed by atoms with van der Waals surface area (Å²) in [5.41, 5.74) is -2.78. The van der Waals surface area contributed by atoms with Gasteiger partial charge in [0.15, 0.2) is 11.6 Å². The molecule has 2 aliphatic rings. The number of imidazole rings is 1. The van der Waals surface area contributed by atoms with E-state index < -0.39 is 40.6 Å². The molecule has 13 heteroatoms. The molecule has 0 aliphatic carbocycles. The molecule has 3 heterocycles. The summed E-state index contributed by atoms with van der Waals surface area (Å²) in [6, 6.07) is 8.15. The van der Waals surface area contributed by atoms with E-state index in [1.807, 2.05) is 0 Å². The molecule has 2 aliphatic heterocycles. The zero-order valence-electron chi connectivity index (χ0n) is 17.8. The SMILES string of the molecule is Fc1ccccc1-c1nc2cnn(Cc3cc(-c4cc(C(F)(F)F)ccc4C(F)(F)F)no3)cc-2n1. The van der Waals surface area contributed by atoms with Crippen molar-refractivity contribution in [2.24, 2.45) is 0 Å². The predicted molar refractivity (Wildman–Crippen MR) is 111 cm³/mol. The Balaban J connectivity index is 1.46. The summed E-state index contributed by atoms with van der Waals surface area (Å²) in [6.45, 7) is -0.120. The lowest BCUT2D eigenvalue weighted by Crippen LogP contribution is -2.11. The third-order valence-electron chi connectivity index (χ3n) is 5.23. The average Bonchev–Trinajstić information content (AvgIpc) is 3.44. The van der Waals surface area contributed by atoms with Gasteiger partial charge < -0.3 is 4.52 Å². The second-order valence-corrected chi connectivity index (χ2v) is 7.70. The molecule has 36 heavy (non-hydrogen) atoms. The molecule has 0 bridgehead atoms. The minimum absolute atomic E-state index is 0.0289. The molecule has 0 saturated heterocycles. The van der Waals surface area contributed by atoms with Gasteiger partial charge in [-0.05, 0) is 30.3 Å². The van der Waals surface area contributed by atoms with Crippen molar-refractivity contribution in [3.8, 4) is 34.0 Å². The van der Waals surface area contributed by atoms with Crippen LogP contribution < -0.4 is 0 Å². The van der Waals surface area contributed by atoms with Crippen LogP contribution in [0.2, 0.25) is 0 Å². The van der Waals surface area contributed by atoms with Gasteiger partial charge in [0.05, 0.1) is 29.1 Å². The number of halogens is 7. The Morgan fingerprint density at radius 1 is 0.806 bits per heavy atom. The largest absolute Gasteiger partial charge is 0.417 e. The fourth-order valence-electron chi connectivity index (χ4n) is 3.56. The van der Waals surface area contributed by atoms with Gasteiger partial charge in [0.1, 0.15) is 29.4 Å². The number of aromatic nitrogens is 5. The molecule has 6 nitrogen and oxygen atoms in total. The van der Waals surface area contributed by atoms with Gasteiger partial charge in [-0.25, -0.2) is 14.4 Å². The quantitative estimate of drug-likeness (QED) is 0.266. The Kier molecular flexibility index (Phi) is 5.49. The summed E-state index contributed by atoms with van der Waals surface area (Å²) in [5, 5.41) is 7.66. The Morgan fingerprint density at radius 3 is 2.28 bits per heavy atom. The maximum absolute atomic E-state index is 14.1. The van der Waals surface area contributed by atoms with E-state index in [1.165, 1.54) is 35.3 Å². The van der Waals surface area contributed by atoms with Crippen LogP contribution in [0.15, 0.2) is 65.4 Å². The molecule has 1 aromatic heterocycles. The van der Waals surface area contributed by atoms with Crippen LogP contribution in [0.5, 0.6) is 0 Å². The zero-order valence-corrected chi connectivity index (χ0v) is 17.8. The van der Waals surface area contributed by atoms with Crippen molar-refractivity contribution in [1.29, 1.82) is 0 Å². The van der Waals surface area contributed by atoms with Crippen molar-refractivity contribution in [1.82, 2.24) is 24.9 Å². The van der Waals surface area contributed by atoms with Crippen LogP contribution in [-0.4, -0.2) is 24.9 Å². The molecule has 184 valence electrons. The van der Waals surface area contributed by atoms with E-state index in [0.717, 1.165) is 6.07 Å². The summed E-state index contributed by atoms with van der Waals surface area (Å²) in [4.78, 5) is 8.52. The molecule has 3 aromatic rings. The zero-order chi connectivity index (χ0) is 25.7. The number of rotatable bonds is 4. The van der Waals surface area contributed by atoms with Crippen molar-refractivity contribution in [2.45, 2.75) is 18.9 Å². The molecule has 0 spiro atoms. The normalized spacial score (nSPS) is 12.4. The van der Waals surface area contributed by atoms with E-state index >= 15 is 0 Å². The fourth-order valence-corrected chi connectivity index (χ4v) is 3.56. The van der Waals surface area contributed by atoms with Gasteiger partial charge in [0.2, 0.25) is 0 Å². The number of hydrogen-bond donors (Lipinski definition) is 0. The van der Waals surface area contributed by atoms with Gasteiger partial charge >= 0.3 is 12.4 Å². The van der Waals surface area contributed by atoms with E-state index in [-0.39, 0.29) is 23.7 Å². The van der Waals surface area contributed by atoms with Gasteiger partial charge in [0.25, 0.3) is 0 Å². The van der Waals surface area contributed by atoms with Crippen LogP contribution >= 0.6 is 0 Å². The van der Waals surface area contributed by atoms with Gasteiger partial charge in [-0.3, -0.25) is 4.68 Å².